The lowest BCUT2D eigenvalue weighted by molar-refractivity contribution is -0.142. The predicted octanol–water partition coefficient (Wildman–Crippen LogP) is 0.254. The van der Waals surface area contributed by atoms with Crippen molar-refractivity contribution in [1.82, 2.24) is 9.80 Å². The van der Waals surface area contributed by atoms with E-state index in [1.165, 1.54) is 0 Å². The Labute approximate surface area is 105 Å². The monoisotopic (exact) mass is 252 g/mol. The van der Waals surface area contributed by atoms with Gasteiger partial charge < -0.3 is 14.4 Å². The first-order chi connectivity index (χ1) is 8.56. The maximum Gasteiger partial charge on any atom is 0.309 e. The minimum atomic E-state index is -0.874. The number of aliphatic carboxylic acids is 1. The normalized spacial score (nSPS) is 21.9. The van der Waals surface area contributed by atoms with Gasteiger partial charge >= 0.3 is 5.97 Å². The first kappa shape index (κ1) is 12.6. The molecule has 1 N–H and O–H groups in total. The van der Waals surface area contributed by atoms with Gasteiger partial charge in [0.25, 0.3) is 0 Å². The Bertz CT molecular complexity index is 429. The number of carbonyl (C=O) groups is 2. The fourth-order valence-corrected chi connectivity index (χ4v) is 2.10. The third-order valence-electron chi connectivity index (χ3n) is 3.01. The number of carbonyl (C=O) groups excluding carboxylic acids is 1. The topological polar surface area (TPSA) is 74.0 Å². The quantitative estimate of drug-likeness (QED) is 0.835. The number of hydrogen-bond donors (Lipinski definition) is 1. The number of carboxylic acids is 1. The molecule has 2 rings (SSSR count). The van der Waals surface area contributed by atoms with Gasteiger partial charge in [0.1, 0.15) is 5.76 Å². The van der Waals surface area contributed by atoms with Crippen molar-refractivity contribution in [2.45, 2.75) is 6.54 Å². The van der Waals surface area contributed by atoms with Crippen LogP contribution in [-0.2, 0) is 16.1 Å². The minimum Gasteiger partial charge on any atom is -0.481 e. The van der Waals surface area contributed by atoms with Gasteiger partial charge in [0, 0.05) is 13.1 Å². The first-order valence-corrected chi connectivity index (χ1v) is 5.78. The Morgan fingerprint density at radius 3 is 2.94 bits per heavy atom. The largest absolute Gasteiger partial charge is 0.481 e. The molecule has 1 aromatic heterocycles. The van der Waals surface area contributed by atoms with Crippen LogP contribution in [0.15, 0.2) is 22.8 Å². The average Bonchev–Trinajstić information content (AvgIpc) is 2.74. The molecule has 18 heavy (non-hydrogen) atoms. The van der Waals surface area contributed by atoms with Crippen molar-refractivity contribution in [2.75, 3.05) is 26.7 Å². The molecule has 1 amide bonds. The Morgan fingerprint density at radius 1 is 1.56 bits per heavy atom. The van der Waals surface area contributed by atoms with Crippen molar-refractivity contribution >= 4 is 11.9 Å². The smallest absolute Gasteiger partial charge is 0.309 e. The van der Waals surface area contributed by atoms with Gasteiger partial charge in [0.2, 0.25) is 5.91 Å². The number of hydrogen-bond acceptors (Lipinski definition) is 4. The van der Waals surface area contributed by atoms with Gasteiger partial charge in [0.15, 0.2) is 0 Å². The van der Waals surface area contributed by atoms with E-state index in [0.29, 0.717) is 18.8 Å². The molecule has 0 saturated carbocycles. The van der Waals surface area contributed by atoms with E-state index in [-0.39, 0.29) is 19.0 Å². The zero-order chi connectivity index (χ0) is 13.1. The summed E-state index contributed by atoms with van der Waals surface area (Å²) < 4.78 is 5.19. The van der Waals surface area contributed by atoms with Crippen molar-refractivity contribution in [3.05, 3.63) is 24.2 Å². The molecule has 98 valence electrons. The fraction of sp³-hybridized carbons (Fsp3) is 0.500. The number of carboxylic acid groups (broad SMARTS) is 1. The summed E-state index contributed by atoms with van der Waals surface area (Å²) >= 11 is 0. The van der Waals surface area contributed by atoms with Gasteiger partial charge in [-0.25, -0.2) is 0 Å². The highest BCUT2D eigenvalue weighted by atomic mass is 16.4. The molecule has 0 aliphatic carbocycles. The summed E-state index contributed by atoms with van der Waals surface area (Å²) in [5, 5.41) is 9.12. The third kappa shape index (κ3) is 2.89. The van der Waals surface area contributed by atoms with Crippen molar-refractivity contribution in [3.8, 4) is 0 Å². The average molecular weight is 252 g/mol. The molecule has 0 aromatic carbocycles. The van der Waals surface area contributed by atoms with E-state index in [0.717, 1.165) is 0 Å². The summed E-state index contributed by atoms with van der Waals surface area (Å²) in [5.41, 5.74) is 0. The fourth-order valence-electron chi connectivity index (χ4n) is 2.10. The lowest BCUT2D eigenvalue weighted by atomic mass is 10.1. The molecule has 6 heteroatoms. The predicted molar refractivity (Wildman–Crippen MR) is 62.7 cm³/mol. The van der Waals surface area contributed by atoms with Crippen LogP contribution < -0.4 is 0 Å². The summed E-state index contributed by atoms with van der Waals surface area (Å²) in [6, 6.07) is 3.52. The van der Waals surface area contributed by atoms with Crippen molar-refractivity contribution in [1.29, 1.82) is 0 Å². The van der Waals surface area contributed by atoms with Gasteiger partial charge in [-0.15, -0.1) is 0 Å². The second-order valence-corrected chi connectivity index (χ2v) is 4.59. The molecule has 0 spiro atoms. The number of rotatable bonds is 3. The van der Waals surface area contributed by atoms with Crippen molar-refractivity contribution in [2.24, 2.45) is 5.92 Å². The number of amides is 1. The van der Waals surface area contributed by atoms with Gasteiger partial charge in [0.05, 0.1) is 25.3 Å². The van der Waals surface area contributed by atoms with E-state index in [1.807, 2.05) is 0 Å². The highest BCUT2D eigenvalue weighted by Crippen LogP contribution is 2.13. The van der Waals surface area contributed by atoms with Gasteiger partial charge in [-0.3, -0.25) is 14.5 Å². The van der Waals surface area contributed by atoms with Crippen LogP contribution in [0.25, 0.3) is 0 Å². The van der Waals surface area contributed by atoms with Gasteiger partial charge in [-0.05, 0) is 19.2 Å². The molecule has 1 saturated heterocycles. The van der Waals surface area contributed by atoms with Crippen LogP contribution in [0.4, 0.5) is 0 Å². The number of furan rings is 1. The van der Waals surface area contributed by atoms with Crippen LogP contribution in [0.1, 0.15) is 5.76 Å². The number of likely N-dealkylation sites (N-methyl/N-ethyl adjacent to an activating group) is 1. The van der Waals surface area contributed by atoms with E-state index in [1.54, 1.807) is 35.2 Å². The van der Waals surface area contributed by atoms with Crippen LogP contribution in [0.5, 0.6) is 0 Å². The Kier molecular flexibility index (Phi) is 3.66. The van der Waals surface area contributed by atoms with E-state index in [2.05, 4.69) is 0 Å². The molecular weight excluding hydrogens is 236 g/mol. The van der Waals surface area contributed by atoms with E-state index < -0.39 is 11.9 Å². The molecular formula is C12H16N2O4. The Hall–Kier alpha value is -1.82. The SMILES string of the molecule is CN1CC(=O)N(Cc2ccco2)CC(C(=O)O)C1. The van der Waals surface area contributed by atoms with Crippen LogP contribution >= 0.6 is 0 Å². The molecule has 6 nitrogen and oxygen atoms in total. The van der Waals surface area contributed by atoms with Gasteiger partial charge in [-0.1, -0.05) is 0 Å². The van der Waals surface area contributed by atoms with E-state index >= 15 is 0 Å². The lowest BCUT2D eigenvalue weighted by Gasteiger charge is -2.21. The van der Waals surface area contributed by atoms with E-state index in [9.17, 15) is 9.59 Å². The molecule has 1 aliphatic heterocycles. The molecule has 1 aromatic rings. The van der Waals surface area contributed by atoms with Crippen LogP contribution in [0.3, 0.4) is 0 Å². The van der Waals surface area contributed by atoms with Crippen LogP contribution in [-0.4, -0.2) is 53.5 Å². The standard InChI is InChI=1S/C12H16N2O4/c1-13-5-9(12(16)17)6-14(11(15)8-13)7-10-3-2-4-18-10/h2-4,9H,5-8H2,1H3,(H,16,17). The minimum absolute atomic E-state index is 0.0716. The summed E-state index contributed by atoms with van der Waals surface area (Å²) in [5.74, 6) is -0.841. The third-order valence-corrected chi connectivity index (χ3v) is 3.01. The highest BCUT2D eigenvalue weighted by Gasteiger charge is 2.30. The number of nitrogens with zero attached hydrogens (tertiary/aromatic N) is 2. The lowest BCUT2D eigenvalue weighted by Crippen LogP contribution is -2.36. The van der Waals surface area contributed by atoms with Crippen molar-refractivity contribution < 1.29 is 19.1 Å². The molecule has 1 atom stereocenters. The molecule has 1 aliphatic rings. The molecule has 2 heterocycles. The zero-order valence-electron chi connectivity index (χ0n) is 10.2. The Morgan fingerprint density at radius 2 is 2.33 bits per heavy atom. The molecule has 0 bridgehead atoms. The molecule has 1 unspecified atom stereocenters. The maximum absolute atomic E-state index is 12.0. The highest BCUT2D eigenvalue weighted by molar-refractivity contribution is 5.80. The summed E-state index contributed by atoms with van der Waals surface area (Å²) in [4.78, 5) is 26.4. The van der Waals surface area contributed by atoms with Crippen LogP contribution in [0, 0.1) is 5.92 Å². The molecule has 1 fully saturated rings. The second-order valence-electron chi connectivity index (χ2n) is 4.59. The van der Waals surface area contributed by atoms with Crippen LogP contribution in [0.2, 0.25) is 0 Å². The zero-order valence-corrected chi connectivity index (χ0v) is 10.2. The summed E-state index contributed by atoms with van der Waals surface area (Å²) in [6.45, 7) is 1.17. The van der Waals surface area contributed by atoms with E-state index in [4.69, 9.17) is 9.52 Å². The van der Waals surface area contributed by atoms with Crippen molar-refractivity contribution in [3.63, 3.8) is 0 Å². The Balaban J connectivity index is 2.11. The second kappa shape index (κ2) is 5.22. The maximum atomic E-state index is 12.0. The summed E-state index contributed by atoms with van der Waals surface area (Å²) in [6.07, 6.45) is 1.54. The van der Waals surface area contributed by atoms with Gasteiger partial charge in [-0.2, -0.15) is 0 Å². The molecule has 0 radical (unpaired) electrons. The summed E-state index contributed by atoms with van der Waals surface area (Å²) in [7, 11) is 1.75. The first-order valence-electron chi connectivity index (χ1n) is 5.78.